The van der Waals surface area contributed by atoms with Crippen molar-refractivity contribution in [1.82, 2.24) is 20.0 Å². The molecule has 4 aromatic rings. The topological polar surface area (TPSA) is 68.9 Å². The SMILES string of the molecule is Cn1nc(-c2ccc3ccccc3c2)cc1C1CN2CCC1CC2CNC(=S)Nc1cccc(C#N)c1. The summed E-state index contributed by atoms with van der Waals surface area (Å²) in [7, 11) is 2.09. The Labute approximate surface area is 222 Å². The van der Waals surface area contributed by atoms with Crippen molar-refractivity contribution in [3.63, 3.8) is 0 Å². The number of thiocarbonyl (C=S) groups is 1. The van der Waals surface area contributed by atoms with Crippen molar-refractivity contribution in [2.24, 2.45) is 13.0 Å². The first-order valence-corrected chi connectivity index (χ1v) is 13.3. The summed E-state index contributed by atoms with van der Waals surface area (Å²) in [4.78, 5) is 2.61. The highest BCUT2D eigenvalue weighted by Crippen LogP contribution is 2.42. The molecule has 37 heavy (non-hydrogen) atoms. The summed E-state index contributed by atoms with van der Waals surface area (Å²) in [6.45, 7) is 3.01. The molecule has 1 aromatic heterocycles. The van der Waals surface area contributed by atoms with Crippen molar-refractivity contribution < 1.29 is 0 Å². The van der Waals surface area contributed by atoms with Gasteiger partial charge in [0.2, 0.25) is 0 Å². The number of nitriles is 1. The second-order valence-electron chi connectivity index (χ2n) is 10.2. The van der Waals surface area contributed by atoms with Gasteiger partial charge in [-0.3, -0.25) is 9.58 Å². The quantitative estimate of drug-likeness (QED) is 0.359. The molecule has 0 spiro atoms. The van der Waals surface area contributed by atoms with Crippen molar-refractivity contribution in [1.29, 1.82) is 5.26 Å². The van der Waals surface area contributed by atoms with Crippen LogP contribution in [0.4, 0.5) is 5.69 Å². The van der Waals surface area contributed by atoms with E-state index in [1.165, 1.54) is 28.5 Å². The zero-order valence-electron chi connectivity index (χ0n) is 20.9. The average Bonchev–Trinajstić information content (AvgIpc) is 3.33. The van der Waals surface area contributed by atoms with Gasteiger partial charge in [-0.1, -0.05) is 42.5 Å². The Morgan fingerprint density at radius 3 is 2.76 bits per heavy atom. The third kappa shape index (κ3) is 4.83. The van der Waals surface area contributed by atoms with Crippen LogP contribution in [0.5, 0.6) is 0 Å². The van der Waals surface area contributed by atoms with Crippen LogP contribution in [0.1, 0.15) is 30.0 Å². The number of aromatic nitrogens is 2. The largest absolute Gasteiger partial charge is 0.361 e. The van der Waals surface area contributed by atoms with E-state index in [0.717, 1.165) is 37.4 Å². The van der Waals surface area contributed by atoms with E-state index < -0.39 is 0 Å². The molecule has 0 aliphatic carbocycles. The van der Waals surface area contributed by atoms with Crippen molar-refractivity contribution in [2.45, 2.75) is 24.8 Å². The van der Waals surface area contributed by atoms with E-state index in [1.54, 1.807) is 6.07 Å². The molecule has 2 bridgehead atoms. The number of fused-ring (bicyclic) bond motifs is 4. The summed E-state index contributed by atoms with van der Waals surface area (Å²) in [5.41, 5.74) is 5.01. The average molecular weight is 507 g/mol. The predicted molar refractivity (Wildman–Crippen MR) is 152 cm³/mol. The van der Waals surface area contributed by atoms with Crippen LogP contribution >= 0.6 is 12.2 Å². The van der Waals surface area contributed by atoms with Gasteiger partial charge in [-0.15, -0.1) is 0 Å². The highest BCUT2D eigenvalue weighted by molar-refractivity contribution is 7.80. The lowest BCUT2D eigenvalue weighted by Crippen LogP contribution is -2.56. The van der Waals surface area contributed by atoms with Crippen molar-refractivity contribution in [2.75, 3.05) is 25.0 Å². The third-order valence-corrected chi connectivity index (χ3v) is 8.21. The van der Waals surface area contributed by atoms with Crippen molar-refractivity contribution >= 4 is 33.8 Å². The molecular formula is C30H30N6S. The van der Waals surface area contributed by atoms with E-state index in [-0.39, 0.29) is 0 Å². The standard InChI is InChI=1S/C30H30N6S/c1-35-29(16-28(34-35)24-10-9-21-6-2-3-7-22(21)14-24)27-19-36-12-11-23(27)15-26(36)18-32-30(37)33-25-8-4-5-20(13-25)17-31/h2-10,13-14,16,23,26-27H,11-12,15,18-19H2,1H3,(H2,32,33,37). The predicted octanol–water partition coefficient (Wildman–Crippen LogP) is 5.28. The molecule has 2 N–H and O–H groups in total. The molecule has 0 amide bonds. The number of hydrogen-bond acceptors (Lipinski definition) is 4. The van der Waals surface area contributed by atoms with Gasteiger partial charge in [0.05, 0.1) is 17.3 Å². The zero-order valence-corrected chi connectivity index (χ0v) is 21.7. The van der Waals surface area contributed by atoms with Crippen LogP contribution in [-0.2, 0) is 7.05 Å². The van der Waals surface area contributed by atoms with Gasteiger partial charge in [-0.25, -0.2) is 0 Å². The second-order valence-corrected chi connectivity index (χ2v) is 10.6. The molecule has 7 heteroatoms. The maximum atomic E-state index is 9.11. The lowest BCUT2D eigenvalue weighted by atomic mass is 9.74. The van der Waals surface area contributed by atoms with E-state index in [0.29, 0.717) is 28.6 Å². The number of rotatable bonds is 5. The minimum Gasteiger partial charge on any atom is -0.361 e. The molecule has 3 aliphatic rings. The van der Waals surface area contributed by atoms with Gasteiger partial charge in [0.15, 0.2) is 5.11 Å². The molecule has 7 rings (SSSR count). The van der Waals surface area contributed by atoms with Gasteiger partial charge < -0.3 is 10.6 Å². The van der Waals surface area contributed by atoms with Crippen LogP contribution in [0.3, 0.4) is 0 Å². The molecule has 4 atom stereocenters. The Kier molecular flexibility index (Phi) is 6.37. The third-order valence-electron chi connectivity index (χ3n) is 7.97. The summed E-state index contributed by atoms with van der Waals surface area (Å²) in [6, 6.07) is 27.4. The Hall–Kier alpha value is -3.73. The number of benzene rings is 3. The fourth-order valence-corrected chi connectivity index (χ4v) is 6.26. The van der Waals surface area contributed by atoms with Gasteiger partial charge in [0.1, 0.15) is 0 Å². The Balaban J connectivity index is 1.11. The molecule has 3 aromatic carbocycles. The molecule has 0 saturated carbocycles. The molecule has 6 nitrogen and oxygen atoms in total. The number of nitrogens with zero attached hydrogens (tertiary/aromatic N) is 4. The van der Waals surface area contributed by atoms with Gasteiger partial charge in [0, 0.05) is 49.0 Å². The summed E-state index contributed by atoms with van der Waals surface area (Å²) in [5.74, 6) is 1.14. The zero-order chi connectivity index (χ0) is 25.4. The van der Waals surface area contributed by atoms with E-state index >= 15 is 0 Å². The molecule has 186 valence electrons. The maximum Gasteiger partial charge on any atom is 0.170 e. The highest BCUT2D eigenvalue weighted by atomic mass is 32.1. The van der Waals surface area contributed by atoms with Gasteiger partial charge in [-0.2, -0.15) is 10.4 Å². The van der Waals surface area contributed by atoms with Crippen LogP contribution in [-0.4, -0.2) is 45.5 Å². The van der Waals surface area contributed by atoms with Gasteiger partial charge in [-0.05, 0) is 78.6 Å². The molecular weight excluding hydrogens is 476 g/mol. The van der Waals surface area contributed by atoms with E-state index in [4.69, 9.17) is 22.6 Å². The van der Waals surface area contributed by atoms with Crippen LogP contribution in [0.15, 0.2) is 72.8 Å². The van der Waals surface area contributed by atoms with Gasteiger partial charge in [0.25, 0.3) is 0 Å². The van der Waals surface area contributed by atoms with Crippen LogP contribution < -0.4 is 10.6 Å². The first kappa shape index (κ1) is 23.7. The molecule has 3 saturated heterocycles. The highest BCUT2D eigenvalue weighted by Gasteiger charge is 2.41. The summed E-state index contributed by atoms with van der Waals surface area (Å²) in [5, 5.41) is 23.7. The van der Waals surface area contributed by atoms with Crippen molar-refractivity contribution in [3.05, 3.63) is 84.1 Å². The summed E-state index contributed by atoms with van der Waals surface area (Å²) >= 11 is 5.53. The molecule has 3 fully saturated rings. The lowest BCUT2D eigenvalue weighted by Gasteiger charge is -2.50. The second kappa shape index (κ2) is 9.97. The smallest absolute Gasteiger partial charge is 0.170 e. The number of aryl methyl sites for hydroxylation is 1. The van der Waals surface area contributed by atoms with E-state index in [2.05, 4.69) is 81.9 Å². The Morgan fingerprint density at radius 2 is 1.95 bits per heavy atom. The minimum atomic E-state index is 0.466. The van der Waals surface area contributed by atoms with Crippen LogP contribution in [0.25, 0.3) is 22.0 Å². The number of nitrogens with one attached hydrogen (secondary N) is 2. The number of anilines is 1. The van der Waals surface area contributed by atoms with Crippen LogP contribution in [0, 0.1) is 17.2 Å². The summed E-state index contributed by atoms with van der Waals surface area (Å²) in [6.07, 6.45) is 2.38. The normalized spacial score (nSPS) is 22.5. The fraction of sp³-hybridized carbons (Fsp3) is 0.300. The maximum absolute atomic E-state index is 9.11. The van der Waals surface area contributed by atoms with Crippen LogP contribution in [0.2, 0.25) is 0 Å². The molecule has 3 aliphatic heterocycles. The Bertz CT molecular complexity index is 1500. The minimum absolute atomic E-state index is 0.466. The number of piperidine rings is 3. The first-order chi connectivity index (χ1) is 18.1. The first-order valence-electron chi connectivity index (χ1n) is 12.9. The fourth-order valence-electron chi connectivity index (χ4n) is 6.06. The molecule has 4 unspecified atom stereocenters. The van der Waals surface area contributed by atoms with E-state index in [1.807, 2.05) is 18.2 Å². The molecule has 4 heterocycles. The number of hydrogen-bond donors (Lipinski definition) is 2. The lowest BCUT2D eigenvalue weighted by molar-refractivity contribution is 0.0303. The monoisotopic (exact) mass is 506 g/mol. The van der Waals surface area contributed by atoms with Gasteiger partial charge >= 0.3 is 0 Å². The molecule has 0 radical (unpaired) electrons. The summed E-state index contributed by atoms with van der Waals surface area (Å²) < 4.78 is 2.10. The Morgan fingerprint density at radius 1 is 1.08 bits per heavy atom. The van der Waals surface area contributed by atoms with E-state index in [9.17, 15) is 0 Å². The van der Waals surface area contributed by atoms with Crippen molar-refractivity contribution in [3.8, 4) is 17.3 Å².